The molecule has 19 heavy (non-hydrogen) atoms. The van der Waals surface area contributed by atoms with Crippen molar-refractivity contribution in [2.45, 2.75) is 39.2 Å². The van der Waals surface area contributed by atoms with Crippen LogP contribution < -0.4 is 0 Å². The van der Waals surface area contributed by atoms with Gasteiger partial charge >= 0.3 is 0 Å². The van der Waals surface area contributed by atoms with Gasteiger partial charge in [-0.2, -0.15) is 0 Å². The van der Waals surface area contributed by atoms with Crippen LogP contribution in [0.1, 0.15) is 44.7 Å². The Morgan fingerprint density at radius 3 is 2.21 bits per heavy atom. The molecule has 1 heterocycles. The molecular weight excluding hydrogens is 234 g/mol. The molecule has 0 fully saturated rings. The van der Waals surface area contributed by atoms with Crippen LogP contribution >= 0.6 is 0 Å². The predicted molar refractivity (Wildman–Crippen MR) is 79.0 cm³/mol. The second-order valence-electron chi connectivity index (χ2n) is 5.77. The number of hydrogen-bond acceptors (Lipinski definition) is 2. The number of aliphatic hydroxyl groups is 1. The van der Waals surface area contributed by atoms with E-state index in [1.165, 1.54) is 5.56 Å². The molecule has 1 N–H and O–H groups in total. The third-order valence-corrected chi connectivity index (χ3v) is 3.34. The summed E-state index contributed by atoms with van der Waals surface area (Å²) >= 11 is 0. The van der Waals surface area contributed by atoms with Crippen LogP contribution in [0.5, 0.6) is 0 Å². The Labute approximate surface area is 115 Å². The average molecular weight is 255 g/mol. The lowest BCUT2D eigenvalue weighted by Crippen LogP contribution is -2.14. The van der Waals surface area contributed by atoms with Crippen molar-refractivity contribution in [3.05, 3.63) is 53.7 Å². The van der Waals surface area contributed by atoms with Gasteiger partial charge in [0.05, 0.1) is 11.3 Å². The first-order chi connectivity index (χ1) is 8.88. The van der Waals surface area contributed by atoms with E-state index in [0.717, 1.165) is 16.8 Å². The zero-order valence-corrected chi connectivity index (χ0v) is 12.0. The maximum absolute atomic E-state index is 9.95. The first-order valence-electron chi connectivity index (χ1n) is 6.67. The lowest BCUT2D eigenvalue weighted by molar-refractivity contribution is 0.0786. The molecule has 2 aromatic rings. The van der Waals surface area contributed by atoms with E-state index in [2.05, 4.69) is 31.0 Å². The lowest BCUT2D eigenvalue weighted by atomic mass is 9.96. The van der Waals surface area contributed by atoms with Gasteiger partial charge in [-0.05, 0) is 43.0 Å². The second kappa shape index (κ2) is 5.14. The van der Waals surface area contributed by atoms with Crippen LogP contribution in [0.3, 0.4) is 0 Å². The van der Waals surface area contributed by atoms with Crippen molar-refractivity contribution < 1.29 is 5.11 Å². The molecule has 100 valence electrons. The van der Waals surface area contributed by atoms with Crippen molar-refractivity contribution in [1.82, 2.24) is 4.98 Å². The van der Waals surface area contributed by atoms with Gasteiger partial charge in [0, 0.05) is 11.8 Å². The molecule has 0 amide bonds. The molecule has 1 aromatic heterocycles. The Balaban J connectivity index is 2.35. The van der Waals surface area contributed by atoms with Gasteiger partial charge in [0.2, 0.25) is 0 Å². The van der Waals surface area contributed by atoms with E-state index in [9.17, 15) is 5.11 Å². The van der Waals surface area contributed by atoms with Gasteiger partial charge in [-0.15, -0.1) is 0 Å². The fourth-order valence-corrected chi connectivity index (χ4v) is 2.01. The maximum Gasteiger partial charge on any atom is 0.0840 e. The summed E-state index contributed by atoms with van der Waals surface area (Å²) in [6.07, 6.45) is 1.86. The summed E-state index contributed by atoms with van der Waals surface area (Å²) < 4.78 is 0. The van der Waals surface area contributed by atoms with Crippen LogP contribution in [0.2, 0.25) is 0 Å². The van der Waals surface area contributed by atoms with Gasteiger partial charge in [-0.3, -0.25) is 4.98 Å². The highest BCUT2D eigenvalue weighted by Gasteiger charge is 2.15. The summed E-state index contributed by atoms with van der Waals surface area (Å²) in [4.78, 5) is 4.42. The fourth-order valence-electron chi connectivity index (χ4n) is 2.01. The predicted octanol–water partition coefficient (Wildman–Crippen LogP) is 4.10. The molecule has 2 heteroatoms. The Kier molecular flexibility index (Phi) is 3.72. The zero-order chi connectivity index (χ0) is 14.0. The number of nitrogens with zero attached hydrogens (tertiary/aromatic N) is 1. The van der Waals surface area contributed by atoms with E-state index in [-0.39, 0.29) is 0 Å². The molecule has 0 aliphatic heterocycles. The highest BCUT2D eigenvalue weighted by Crippen LogP contribution is 2.25. The van der Waals surface area contributed by atoms with E-state index < -0.39 is 5.60 Å². The Hall–Kier alpha value is -1.67. The molecule has 0 spiro atoms. The van der Waals surface area contributed by atoms with Crippen molar-refractivity contribution in [2.75, 3.05) is 0 Å². The summed E-state index contributed by atoms with van der Waals surface area (Å²) in [5.74, 6) is 0.498. The van der Waals surface area contributed by atoms with Crippen molar-refractivity contribution in [1.29, 1.82) is 0 Å². The van der Waals surface area contributed by atoms with Crippen LogP contribution in [0.15, 0.2) is 42.6 Å². The molecule has 0 atom stereocenters. The Morgan fingerprint density at radius 1 is 1.05 bits per heavy atom. The summed E-state index contributed by atoms with van der Waals surface area (Å²) in [6.45, 7) is 7.94. The van der Waals surface area contributed by atoms with E-state index in [0.29, 0.717) is 5.92 Å². The molecule has 0 aliphatic rings. The fraction of sp³-hybridized carbons (Fsp3) is 0.353. The van der Waals surface area contributed by atoms with Crippen molar-refractivity contribution in [3.8, 4) is 11.3 Å². The SMILES string of the molecule is CC(C)c1ccnc(-c2ccc(C(C)(C)O)cc2)c1. The minimum Gasteiger partial charge on any atom is -0.386 e. The topological polar surface area (TPSA) is 33.1 Å². The van der Waals surface area contributed by atoms with E-state index >= 15 is 0 Å². The first kappa shape index (κ1) is 13.8. The largest absolute Gasteiger partial charge is 0.386 e. The molecule has 0 bridgehead atoms. The third kappa shape index (κ3) is 3.21. The van der Waals surface area contributed by atoms with Crippen molar-refractivity contribution in [2.24, 2.45) is 0 Å². The van der Waals surface area contributed by atoms with Gasteiger partial charge in [0.15, 0.2) is 0 Å². The van der Waals surface area contributed by atoms with Crippen molar-refractivity contribution >= 4 is 0 Å². The number of benzene rings is 1. The number of rotatable bonds is 3. The summed E-state index contributed by atoms with van der Waals surface area (Å²) in [5.41, 5.74) is 3.46. The molecule has 0 saturated heterocycles. The van der Waals surface area contributed by atoms with E-state index in [1.54, 1.807) is 13.8 Å². The molecule has 0 unspecified atom stereocenters. The molecule has 0 saturated carbocycles. The average Bonchev–Trinajstić information content (AvgIpc) is 2.38. The van der Waals surface area contributed by atoms with E-state index in [1.807, 2.05) is 30.5 Å². The summed E-state index contributed by atoms with van der Waals surface area (Å²) in [5, 5.41) is 9.95. The number of hydrogen-bond donors (Lipinski definition) is 1. The molecule has 2 rings (SSSR count). The van der Waals surface area contributed by atoms with Crippen LogP contribution in [-0.4, -0.2) is 10.1 Å². The minimum absolute atomic E-state index is 0.498. The molecular formula is C17H21NO. The molecule has 2 nitrogen and oxygen atoms in total. The maximum atomic E-state index is 9.95. The second-order valence-corrected chi connectivity index (χ2v) is 5.77. The van der Waals surface area contributed by atoms with Gasteiger partial charge in [0.1, 0.15) is 0 Å². The molecule has 1 aromatic carbocycles. The smallest absolute Gasteiger partial charge is 0.0840 e. The van der Waals surface area contributed by atoms with Crippen LogP contribution in [0.25, 0.3) is 11.3 Å². The third-order valence-electron chi connectivity index (χ3n) is 3.34. The standard InChI is InChI=1S/C17H21NO/c1-12(2)14-9-10-18-16(11-14)13-5-7-15(8-6-13)17(3,4)19/h5-12,19H,1-4H3. The van der Waals surface area contributed by atoms with E-state index in [4.69, 9.17) is 0 Å². The highest BCUT2D eigenvalue weighted by molar-refractivity contribution is 5.60. The summed E-state index contributed by atoms with van der Waals surface area (Å²) in [6, 6.07) is 12.1. The molecule has 0 aliphatic carbocycles. The normalized spacial score (nSPS) is 11.9. The van der Waals surface area contributed by atoms with Gasteiger partial charge in [-0.25, -0.2) is 0 Å². The number of aromatic nitrogens is 1. The minimum atomic E-state index is -0.800. The summed E-state index contributed by atoms with van der Waals surface area (Å²) in [7, 11) is 0. The van der Waals surface area contributed by atoms with Crippen molar-refractivity contribution in [3.63, 3.8) is 0 Å². The van der Waals surface area contributed by atoms with Crippen LogP contribution in [0, 0.1) is 0 Å². The van der Waals surface area contributed by atoms with Crippen LogP contribution in [-0.2, 0) is 5.60 Å². The number of pyridine rings is 1. The highest BCUT2D eigenvalue weighted by atomic mass is 16.3. The van der Waals surface area contributed by atoms with Gasteiger partial charge in [0.25, 0.3) is 0 Å². The quantitative estimate of drug-likeness (QED) is 0.895. The first-order valence-corrected chi connectivity index (χ1v) is 6.67. The lowest BCUT2D eigenvalue weighted by Gasteiger charge is -2.18. The Morgan fingerprint density at radius 2 is 1.68 bits per heavy atom. The van der Waals surface area contributed by atoms with Crippen LogP contribution in [0.4, 0.5) is 0 Å². The van der Waals surface area contributed by atoms with Gasteiger partial charge < -0.3 is 5.11 Å². The monoisotopic (exact) mass is 255 g/mol. The van der Waals surface area contributed by atoms with Gasteiger partial charge in [-0.1, -0.05) is 38.1 Å². The molecule has 0 radical (unpaired) electrons. The Bertz CT molecular complexity index is 550. The zero-order valence-electron chi connectivity index (χ0n) is 12.0.